The number of amides is 3. The molecule has 0 radical (unpaired) electrons. The molecule has 2 heterocycles. The van der Waals surface area contributed by atoms with E-state index in [1.807, 2.05) is 0 Å². The van der Waals surface area contributed by atoms with Crippen molar-refractivity contribution in [2.24, 2.45) is 35.5 Å². The molecule has 1 N–H and O–H groups in total. The van der Waals surface area contributed by atoms with E-state index in [4.69, 9.17) is 4.74 Å². The first-order chi connectivity index (χ1) is 14.1. The Balaban J connectivity index is 1.23. The molecule has 150 valence electrons. The van der Waals surface area contributed by atoms with Gasteiger partial charge in [-0.2, -0.15) is 0 Å². The van der Waals surface area contributed by atoms with E-state index in [0.29, 0.717) is 29.6 Å². The fraction of sp³-hybridized carbons (Fsp3) is 0.522. The van der Waals surface area contributed by atoms with Gasteiger partial charge in [-0.25, -0.2) is 4.90 Å². The van der Waals surface area contributed by atoms with Crippen LogP contribution in [0.5, 0.6) is 0 Å². The topological polar surface area (TPSA) is 75.7 Å². The van der Waals surface area contributed by atoms with Crippen molar-refractivity contribution in [2.45, 2.75) is 25.4 Å². The predicted octanol–water partition coefficient (Wildman–Crippen LogP) is 2.15. The molecule has 0 unspecified atom stereocenters. The Morgan fingerprint density at radius 2 is 1.83 bits per heavy atom. The number of allylic oxidation sites excluding steroid dienone is 2. The van der Waals surface area contributed by atoms with Crippen LogP contribution in [0, 0.1) is 35.5 Å². The predicted molar refractivity (Wildman–Crippen MR) is 105 cm³/mol. The number of carbonyl (C=O) groups is 3. The Morgan fingerprint density at radius 3 is 2.48 bits per heavy atom. The summed E-state index contributed by atoms with van der Waals surface area (Å²) in [6.07, 6.45) is 7.54. The number of ether oxygens (including phenoxy) is 1. The molecule has 0 aromatic heterocycles. The smallest absolute Gasteiger partial charge is 0.251 e. The summed E-state index contributed by atoms with van der Waals surface area (Å²) in [6, 6.07) is 6.87. The fourth-order valence-corrected chi connectivity index (χ4v) is 6.11. The third-order valence-corrected chi connectivity index (χ3v) is 7.54. The summed E-state index contributed by atoms with van der Waals surface area (Å²) in [5, 5.41) is 2.90. The third kappa shape index (κ3) is 2.54. The van der Waals surface area contributed by atoms with Gasteiger partial charge < -0.3 is 10.1 Å². The van der Waals surface area contributed by atoms with Gasteiger partial charge in [0.2, 0.25) is 11.8 Å². The number of nitrogens with zero attached hydrogens (tertiary/aromatic N) is 1. The van der Waals surface area contributed by atoms with Crippen molar-refractivity contribution in [3.05, 3.63) is 42.0 Å². The first-order valence-electron chi connectivity index (χ1n) is 10.7. The van der Waals surface area contributed by atoms with E-state index in [1.165, 1.54) is 4.90 Å². The van der Waals surface area contributed by atoms with Crippen molar-refractivity contribution in [1.29, 1.82) is 0 Å². The van der Waals surface area contributed by atoms with E-state index in [-0.39, 0.29) is 47.5 Å². The lowest BCUT2D eigenvalue weighted by molar-refractivity contribution is -0.124. The van der Waals surface area contributed by atoms with Gasteiger partial charge >= 0.3 is 0 Å². The molecule has 3 amide bonds. The van der Waals surface area contributed by atoms with Gasteiger partial charge in [-0.1, -0.05) is 18.2 Å². The first-order valence-corrected chi connectivity index (χ1v) is 10.7. The van der Waals surface area contributed by atoms with Crippen LogP contribution in [0.1, 0.15) is 29.6 Å². The Hall–Kier alpha value is -2.47. The number of hydrogen-bond donors (Lipinski definition) is 1. The molecule has 1 aromatic carbocycles. The molecule has 2 saturated heterocycles. The van der Waals surface area contributed by atoms with Crippen LogP contribution < -0.4 is 10.2 Å². The average molecular weight is 392 g/mol. The van der Waals surface area contributed by atoms with Crippen LogP contribution in [0.4, 0.5) is 5.69 Å². The Morgan fingerprint density at radius 1 is 1.10 bits per heavy atom. The lowest BCUT2D eigenvalue weighted by Crippen LogP contribution is -2.40. The number of hydrogen-bond acceptors (Lipinski definition) is 4. The monoisotopic (exact) mass is 392 g/mol. The summed E-state index contributed by atoms with van der Waals surface area (Å²) in [7, 11) is 0. The molecule has 2 bridgehead atoms. The minimum atomic E-state index is -0.224. The van der Waals surface area contributed by atoms with Crippen molar-refractivity contribution >= 4 is 23.4 Å². The largest absolute Gasteiger partial charge is 0.376 e. The molecule has 4 aliphatic carbocycles. The molecule has 1 aromatic rings. The van der Waals surface area contributed by atoms with Gasteiger partial charge in [-0.3, -0.25) is 14.4 Å². The Kier molecular flexibility index (Phi) is 3.76. The van der Waals surface area contributed by atoms with Crippen LogP contribution in [-0.4, -0.2) is 37.0 Å². The number of imide groups is 1. The van der Waals surface area contributed by atoms with Gasteiger partial charge in [0, 0.05) is 18.7 Å². The zero-order chi connectivity index (χ0) is 19.7. The van der Waals surface area contributed by atoms with E-state index in [2.05, 4.69) is 17.5 Å². The second-order valence-corrected chi connectivity index (χ2v) is 9.06. The van der Waals surface area contributed by atoms with Crippen molar-refractivity contribution < 1.29 is 19.1 Å². The van der Waals surface area contributed by atoms with Gasteiger partial charge in [-0.05, 0) is 61.1 Å². The highest BCUT2D eigenvalue weighted by molar-refractivity contribution is 6.23. The van der Waals surface area contributed by atoms with E-state index >= 15 is 0 Å². The van der Waals surface area contributed by atoms with Gasteiger partial charge in [0.1, 0.15) is 0 Å². The molecule has 2 aliphatic heterocycles. The second-order valence-electron chi connectivity index (χ2n) is 9.06. The summed E-state index contributed by atoms with van der Waals surface area (Å²) >= 11 is 0. The second kappa shape index (κ2) is 6.26. The molecule has 7 atom stereocenters. The SMILES string of the molecule is O=C(NC[C@@H]1CCCO1)c1cccc(N2C(=O)[C@@H]3[C@@H]4C=C[C@H]([C@H]5C[C@H]45)[C@@H]3C2=O)c1. The van der Waals surface area contributed by atoms with Crippen LogP contribution >= 0.6 is 0 Å². The third-order valence-electron chi connectivity index (χ3n) is 7.54. The van der Waals surface area contributed by atoms with Crippen molar-refractivity contribution in [2.75, 3.05) is 18.1 Å². The average Bonchev–Trinajstić information content (AvgIpc) is 3.33. The maximum Gasteiger partial charge on any atom is 0.251 e. The molecule has 6 nitrogen and oxygen atoms in total. The number of carbonyl (C=O) groups excluding carboxylic acids is 3. The molecule has 4 fully saturated rings. The van der Waals surface area contributed by atoms with Crippen molar-refractivity contribution in [3.8, 4) is 0 Å². The van der Waals surface area contributed by atoms with E-state index in [0.717, 1.165) is 25.9 Å². The summed E-state index contributed by atoms with van der Waals surface area (Å²) in [6.45, 7) is 1.22. The van der Waals surface area contributed by atoms with Crippen LogP contribution in [0.3, 0.4) is 0 Å². The summed E-state index contributed by atoms with van der Waals surface area (Å²) in [5.74, 6) is 0.723. The number of anilines is 1. The zero-order valence-corrected chi connectivity index (χ0v) is 16.1. The van der Waals surface area contributed by atoms with Crippen LogP contribution in [0.2, 0.25) is 0 Å². The maximum atomic E-state index is 13.2. The lowest BCUT2D eigenvalue weighted by atomic mass is 9.63. The minimum Gasteiger partial charge on any atom is -0.376 e. The standard InChI is InChI=1S/C23H24N2O4/c26-21(24-11-14-5-2-8-29-14)12-3-1-4-13(9-12)25-22(27)19-15-6-7-16(18-10-17(15)18)20(19)23(25)28/h1,3-4,6-7,9,14-20H,2,5,8,10-11H2,(H,24,26)/t14-,15+,16+,17+,18+,19-,20+/m0/s1. The van der Waals surface area contributed by atoms with Gasteiger partial charge in [-0.15, -0.1) is 0 Å². The molecular formula is C23H24N2O4. The molecule has 2 saturated carbocycles. The molecule has 6 heteroatoms. The maximum absolute atomic E-state index is 13.2. The zero-order valence-electron chi connectivity index (χ0n) is 16.1. The van der Waals surface area contributed by atoms with Crippen LogP contribution in [0.25, 0.3) is 0 Å². The summed E-state index contributed by atoms with van der Waals surface area (Å²) in [5.41, 5.74) is 0.965. The van der Waals surface area contributed by atoms with Crippen LogP contribution in [0.15, 0.2) is 36.4 Å². The van der Waals surface area contributed by atoms with E-state index in [9.17, 15) is 14.4 Å². The van der Waals surface area contributed by atoms with E-state index < -0.39 is 0 Å². The Labute approximate surface area is 169 Å². The van der Waals surface area contributed by atoms with Crippen LogP contribution in [-0.2, 0) is 14.3 Å². The molecule has 0 spiro atoms. The van der Waals surface area contributed by atoms with Crippen molar-refractivity contribution in [1.82, 2.24) is 5.32 Å². The Bertz CT molecular complexity index is 899. The molecule has 7 rings (SSSR count). The quantitative estimate of drug-likeness (QED) is 0.629. The number of benzene rings is 1. The molecule has 6 aliphatic rings. The summed E-state index contributed by atoms with van der Waals surface area (Å²) in [4.78, 5) is 40.4. The highest BCUT2D eigenvalue weighted by atomic mass is 16.5. The first kappa shape index (κ1) is 17.4. The van der Waals surface area contributed by atoms with Gasteiger partial charge in [0.05, 0.1) is 23.6 Å². The number of rotatable bonds is 4. The minimum absolute atomic E-state index is 0.0707. The van der Waals surface area contributed by atoms with Gasteiger partial charge in [0.25, 0.3) is 5.91 Å². The lowest BCUT2D eigenvalue weighted by Gasteiger charge is -2.37. The van der Waals surface area contributed by atoms with E-state index in [1.54, 1.807) is 24.3 Å². The molecular weight excluding hydrogens is 368 g/mol. The fourth-order valence-electron chi connectivity index (χ4n) is 6.11. The number of nitrogens with one attached hydrogen (secondary N) is 1. The summed E-state index contributed by atoms with van der Waals surface area (Å²) < 4.78 is 5.55. The highest BCUT2D eigenvalue weighted by Crippen LogP contribution is 2.65. The highest BCUT2D eigenvalue weighted by Gasteiger charge is 2.67. The van der Waals surface area contributed by atoms with Gasteiger partial charge in [0.15, 0.2) is 0 Å². The normalized spacial score (nSPS) is 38.9. The molecule has 29 heavy (non-hydrogen) atoms. The van der Waals surface area contributed by atoms with Crippen molar-refractivity contribution in [3.63, 3.8) is 0 Å².